The molecule has 94 valence electrons. The molecule has 1 atom stereocenters. The highest BCUT2D eigenvalue weighted by Gasteiger charge is 2.21. The summed E-state index contributed by atoms with van der Waals surface area (Å²) in [6.07, 6.45) is 0.899. The summed E-state index contributed by atoms with van der Waals surface area (Å²) in [6.45, 7) is 4.38. The Morgan fingerprint density at radius 3 is 2.47 bits per heavy atom. The van der Waals surface area contributed by atoms with Crippen molar-refractivity contribution in [1.82, 2.24) is 0 Å². The van der Waals surface area contributed by atoms with Crippen LogP contribution in [-0.2, 0) is 10.3 Å². The van der Waals surface area contributed by atoms with E-state index in [0.717, 1.165) is 18.5 Å². The number of ether oxygens (including phenoxy) is 1. The van der Waals surface area contributed by atoms with Crippen molar-refractivity contribution in [3.8, 4) is 5.75 Å². The van der Waals surface area contributed by atoms with Gasteiger partial charge in [0.1, 0.15) is 5.75 Å². The predicted octanol–water partition coefficient (Wildman–Crippen LogP) is 0.369. The normalized spacial score (nSPS) is 14.1. The van der Waals surface area contributed by atoms with E-state index in [0.29, 0.717) is 5.75 Å². The second-order valence-corrected chi connectivity index (χ2v) is 4.48. The molecule has 1 aromatic carbocycles. The Bertz CT molecular complexity index is 372. The van der Waals surface area contributed by atoms with Crippen molar-refractivity contribution in [2.24, 2.45) is 5.73 Å². The zero-order chi connectivity index (χ0) is 12.9. The maximum atomic E-state index is 10.8. The van der Waals surface area contributed by atoms with Crippen molar-refractivity contribution in [1.29, 1.82) is 0 Å². The summed E-state index contributed by atoms with van der Waals surface area (Å²) in [6, 6.07) is 7.37. The zero-order valence-electron chi connectivity index (χ0n) is 10.7. The van der Waals surface area contributed by atoms with Crippen LogP contribution in [0.1, 0.15) is 25.8 Å². The van der Waals surface area contributed by atoms with Gasteiger partial charge in [-0.3, -0.25) is 4.79 Å². The first-order valence-electron chi connectivity index (χ1n) is 5.81. The Morgan fingerprint density at radius 1 is 1.41 bits per heavy atom. The van der Waals surface area contributed by atoms with E-state index in [4.69, 9.17) is 10.5 Å². The summed E-state index contributed by atoms with van der Waals surface area (Å²) in [5.41, 5.74) is 6.95. The molecule has 1 aromatic rings. The highest BCUT2D eigenvalue weighted by Crippen LogP contribution is 2.23. The van der Waals surface area contributed by atoms with Crippen molar-refractivity contribution >= 4 is 5.97 Å². The van der Waals surface area contributed by atoms with E-state index in [1.807, 2.05) is 26.1 Å². The number of nitrogens with two attached hydrogens (primary N) is 2. The first-order valence-corrected chi connectivity index (χ1v) is 5.81. The molecule has 0 aliphatic heterocycles. The zero-order valence-corrected chi connectivity index (χ0v) is 10.7. The molecule has 0 amide bonds. The van der Waals surface area contributed by atoms with E-state index in [1.54, 1.807) is 12.1 Å². The maximum Gasteiger partial charge on any atom is 0.308 e. The summed E-state index contributed by atoms with van der Waals surface area (Å²) in [7, 11) is 2.03. The number of benzene rings is 1. The smallest absolute Gasteiger partial charge is 0.308 e. The molecule has 0 bridgehead atoms. The summed E-state index contributed by atoms with van der Waals surface area (Å²) < 4.78 is 4.98. The molecule has 4 N–H and O–H groups in total. The van der Waals surface area contributed by atoms with Crippen LogP contribution in [0.2, 0.25) is 0 Å². The van der Waals surface area contributed by atoms with Gasteiger partial charge in [-0.2, -0.15) is 0 Å². The monoisotopic (exact) mass is 237 g/mol. The SMILES string of the molecule is C[NH2+]CCC(C)(N)c1ccc(OC(C)=O)cc1. The first kappa shape index (κ1) is 13.7. The third kappa shape index (κ3) is 4.17. The van der Waals surface area contributed by atoms with Crippen LogP contribution in [-0.4, -0.2) is 19.6 Å². The maximum absolute atomic E-state index is 10.8. The number of hydrogen-bond acceptors (Lipinski definition) is 3. The third-order valence-electron chi connectivity index (χ3n) is 2.73. The lowest BCUT2D eigenvalue weighted by Crippen LogP contribution is -2.80. The van der Waals surface area contributed by atoms with Crippen LogP contribution >= 0.6 is 0 Å². The van der Waals surface area contributed by atoms with Crippen LogP contribution in [0.25, 0.3) is 0 Å². The van der Waals surface area contributed by atoms with Crippen LogP contribution in [0.15, 0.2) is 24.3 Å². The van der Waals surface area contributed by atoms with Crippen molar-refractivity contribution in [3.05, 3.63) is 29.8 Å². The van der Waals surface area contributed by atoms with Crippen LogP contribution in [0.5, 0.6) is 5.75 Å². The first-order chi connectivity index (χ1) is 7.95. The standard InChI is InChI=1S/C13H20N2O2/c1-10(16)17-12-6-4-11(5-7-12)13(2,14)8-9-15-3/h4-7,15H,8-9,14H2,1-3H3/p+1. The molecule has 0 radical (unpaired) electrons. The fourth-order valence-electron chi connectivity index (χ4n) is 1.66. The lowest BCUT2D eigenvalue weighted by atomic mass is 9.90. The number of rotatable bonds is 5. The molecule has 0 saturated carbocycles. The predicted molar refractivity (Wildman–Crippen MR) is 66.6 cm³/mol. The van der Waals surface area contributed by atoms with Gasteiger partial charge in [0.15, 0.2) is 0 Å². The molecule has 0 aliphatic rings. The fraction of sp³-hybridized carbons (Fsp3) is 0.462. The van der Waals surface area contributed by atoms with Gasteiger partial charge in [0.05, 0.1) is 13.6 Å². The number of carbonyl (C=O) groups excluding carboxylic acids is 1. The molecule has 4 nitrogen and oxygen atoms in total. The summed E-state index contributed by atoms with van der Waals surface area (Å²) in [5, 5.41) is 2.11. The largest absolute Gasteiger partial charge is 0.427 e. The molecule has 1 rings (SSSR count). The second kappa shape index (κ2) is 5.80. The number of quaternary nitrogens is 1. The van der Waals surface area contributed by atoms with Crippen LogP contribution < -0.4 is 15.8 Å². The highest BCUT2D eigenvalue weighted by molar-refractivity contribution is 5.69. The van der Waals surface area contributed by atoms with E-state index >= 15 is 0 Å². The van der Waals surface area contributed by atoms with Gasteiger partial charge in [0, 0.05) is 18.9 Å². The molecule has 0 saturated heterocycles. The topological polar surface area (TPSA) is 68.9 Å². The van der Waals surface area contributed by atoms with Crippen molar-refractivity contribution in [3.63, 3.8) is 0 Å². The number of hydrogen-bond donors (Lipinski definition) is 2. The minimum atomic E-state index is -0.346. The van der Waals surface area contributed by atoms with E-state index < -0.39 is 0 Å². The van der Waals surface area contributed by atoms with Crippen LogP contribution in [0.3, 0.4) is 0 Å². The van der Waals surface area contributed by atoms with Gasteiger partial charge in [-0.15, -0.1) is 0 Å². The Morgan fingerprint density at radius 2 is 2.00 bits per heavy atom. The van der Waals surface area contributed by atoms with Crippen molar-refractivity contribution < 1.29 is 14.8 Å². The average Bonchev–Trinajstić information content (AvgIpc) is 2.26. The molecule has 1 unspecified atom stereocenters. The Balaban J connectivity index is 2.75. The van der Waals surface area contributed by atoms with E-state index in [1.165, 1.54) is 6.92 Å². The Hall–Kier alpha value is -1.39. The quantitative estimate of drug-likeness (QED) is 0.574. The van der Waals surface area contributed by atoms with Crippen LogP contribution in [0.4, 0.5) is 0 Å². The second-order valence-electron chi connectivity index (χ2n) is 4.48. The van der Waals surface area contributed by atoms with Crippen molar-refractivity contribution in [2.75, 3.05) is 13.6 Å². The van der Waals surface area contributed by atoms with Gasteiger partial charge in [0.25, 0.3) is 0 Å². The minimum Gasteiger partial charge on any atom is -0.427 e. The molecular formula is C13H21N2O2+. The van der Waals surface area contributed by atoms with Crippen LogP contribution in [0, 0.1) is 0 Å². The molecular weight excluding hydrogens is 216 g/mol. The third-order valence-corrected chi connectivity index (χ3v) is 2.73. The van der Waals surface area contributed by atoms with Gasteiger partial charge < -0.3 is 15.8 Å². The van der Waals surface area contributed by atoms with Crippen molar-refractivity contribution in [2.45, 2.75) is 25.8 Å². The van der Waals surface area contributed by atoms with Gasteiger partial charge >= 0.3 is 5.97 Å². The molecule has 4 heteroatoms. The van der Waals surface area contributed by atoms with E-state index in [-0.39, 0.29) is 11.5 Å². The van der Waals surface area contributed by atoms with Gasteiger partial charge in [-0.1, -0.05) is 12.1 Å². The molecule has 0 heterocycles. The highest BCUT2D eigenvalue weighted by atomic mass is 16.5. The molecule has 0 spiro atoms. The Labute approximate surface area is 102 Å². The molecule has 0 aromatic heterocycles. The summed E-state index contributed by atoms with van der Waals surface area (Å²) in [5.74, 6) is 0.243. The molecule has 17 heavy (non-hydrogen) atoms. The lowest BCUT2D eigenvalue weighted by Gasteiger charge is -2.24. The number of esters is 1. The Kier molecular flexibility index (Phi) is 4.66. The fourth-order valence-corrected chi connectivity index (χ4v) is 1.66. The minimum absolute atomic E-state index is 0.311. The molecule has 0 aliphatic carbocycles. The van der Waals surface area contributed by atoms with E-state index in [9.17, 15) is 4.79 Å². The lowest BCUT2D eigenvalue weighted by molar-refractivity contribution is -0.628. The summed E-state index contributed by atoms with van der Waals surface area (Å²) >= 11 is 0. The molecule has 0 fully saturated rings. The van der Waals surface area contributed by atoms with E-state index in [2.05, 4.69) is 5.32 Å². The van der Waals surface area contributed by atoms with Gasteiger partial charge in [-0.05, 0) is 24.6 Å². The average molecular weight is 237 g/mol. The summed E-state index contributed by atoms with van der Waals surface area (Å²) in [4.78, 5) is 10.8. The number of carbonyl (C=O) groups is 1. The van der Waals surface area contributed by atoms with Gasteiger partial charge in [-0.25, -0.2) is 0 Å². The van der Waals surface area contributed by atoms with Gasteiger partial charge in [0.2, 0.25) is 0 Å².